The van der Waals surface area contributed by atoms with Gasteiger partial charge in [-0.2, -0.15) is 10.1 Å². The molecule has 0 fully saturated rings. The molecular formula is C21H18ClN7O4. The Hall–Kier alpha value is -4.25. The van der Waals surface area contributed by atoms with Crippen molar-refractivity contribution in [3.8, 4) is 0 Å². The molecule has 0 saturated carbocycles. The maximum absolute atomic E-state index is 12.9. The lowest BCUT2D eigenvalue weighted by molar-refractivity contribution is -0.384. The van der Waals surface area contributed by atoms with E-state index in [1.165, 1.54) is 37.0 Å². The van der Waals surface area contributed by atoms with E-state index in [9.17, 15) is 19.7 Å². The van der Waals surface area contributed by atoms with Gasteiger partial charge in [-0.15, -0.1) is 0 Å². The lowest BCUT2D eigenvalue weighted by atomic mass is 10.2. The molecule has 168 valence electrons. The SMILES string of the molecule is Cn1c(=O)c2c(nc(N/N=C\c3ccc([N+](=O)[O-])cc3)n2Cc2ccc(Cl)cc2)n(C)c1=O. The fourth-order valence-electron chi connectivity index (χ4n) is 3.30. The minimum atomic E-state index is -0.496. The van der Waals surface area contributed by atoms with Crippen LogP contribution in [0.1, 0.15) is 11.1 Å². The maximum Gasteiger partial charge on any atom is 0.332 e. The van der Waals surface area contributed by atoms with Crippen molar-refractivity contribution in [2.75, 3.05) is 5.43 Å². The molecule has 1 N–H and O–H groups in total. The molecule has 12 heteroatoms. The van der Waals surface area contributed by atoms with E-state index in [0.717, 1.165) is 10.1 Å². The van der Waals surface area contributed by atoms with Crippen LogP contribution in [0, 0.1) is 10.1 Å². The molecule has 33 heavy (non-hydrogen) atoms. The van der Waals surface area contributed by atoms with E-state index in [-0.39, 0.29) is 29.3 Å². The lowest BCUT2D eigenvalue weighted by Crippen LogP contribution is -2.37. The summed E-state index contributed by atoms with van der Waals surface area (Å²) in [6.07, 6.45) is 1.47. The third kappa shape index (κ3) is 4.26. The first-order valence-electron chi connectivity index (χ1n) is 9.70. The summed E-state index contributed by atoms with van der Waals surface area (Å²) in [5, 5.41) is 15.5. The number of nitro groups is 1. The van der Waals surface area contributed by atoms with Crippen molar-refractivity contribution in [2.45, 2.75) is 6.54 Å². The molecule has 0 spiro atoms. The number of benzene rings is 2. The Bertz CT molecular complexity index is 1500. The Balaban J connectivity index is 1.76. The zero-order valence-electron chi connectivity index (χ0n) is 17.6. The first-order valence-corrected chi connectivity index (χ1v) is 10.1. The van der Waals surface area contributed by atoms with Crippen LogP contribution in [-0.4, -0.2) is 29.8 Å². The van der Waals surface area contributed by atoms with Gasteiger partial charge in [0.2, 0.25) is 5.95 Å². The van der Waals surface area contributed by atoms with Crippen molar-refractivity contribution < 1.29 is 4.92 Å². The van der Waals surface area contributed by atoms with E-state index >= 15 is 0 Å². The average molecular weight is 468 g/mol. The minimum Gasteiger partial charge on any atom is -0.298 e. The number of imidazole rings is 1. The number of halogens is 1. The van der Waals surface area contributed by atoms with Crippen LogP contribution in [0.25, 0.3) is 11.2 Å². The van der Waals surface area contributed by atoms with Crippen LogP contribution in [0.4, 0.5) is 11.6 Å². The van der Waals surface area contributed by atoms with Crippen LogP contribution in [0.3, 0.4) is 0 Å². The second-order valence-corrected chi connectivity index (χ2v) is 7.68. The van der Waals surface area contributed by atoms with E-state index < -0.39 is 16.2 Å². The topological polar surface area (TPSA) is 129 Å². The molecule has 0 amide bonds. The van der Waals surface area contributed by atoms with Crippen molar-refractivity contribution in [1.82, 2.24) is 18.7 Å². The van der Waals surface area contributed by atoms with Gasteiger partial charge in [-0.25, -0.2) is 10.2 Å². The summed E-state index contributed by atoms with van der Waals surface area (Å²) in [7, 11) is 2.94. The highest BCUT2D eigenvalue weighted by molar-refractivity contribution is 6.30. The van der Waals surface area contributed by atoms with Crippen molar-refractivity contribution in [1.29, 1.82) is 0 Å². The molecular weight excluding hydrogens is 450 g/mol. The normalized spacial score (nSPS) is 11.4. The summed E-state index contributed by atoms with van der Waals surface area (Å²) in [5.74, 6) is 0.247. The largest absolute Gasteiger partial charge is 0.332 e. The lowest BCUT2D eigenvalue weighted by Gasteiger charge is -2.09. The number of aromatic nitrogens is 4. The van der Waals surface area contributed by atoms with E-state index in [2.05, 4.69) is 15.5 Å². The maximum atomic E-state index is 12.9. The van der Waals surface area contributed by atoms with E-state index in [1.54, 1.807) is 28.8 Å². The highest BCUT2D eigenvalue weighted by Gasteiger charge is 2.19. The third-order valence-corrected chi connectivity index (χ3v) is 5.34. The van der Waals surface area contributed by atoms with E-state index in [0.29, 0.717) is 10.6 Å². The summed E-state index contributed by atoms with van der Waals surface area (Å²) in [5.41, 5.74) is 3.74. The molecule has 2 aromatic heterocycles. The Morgan fingerprint density at radius 1 is 1.09 bits per heavy atom. The standard InChI is InChI=1S/C21H18ClN7O4/c1-26-18-17(19(30)27(2)21(26)31)28(12-14-3-7-15(22)8-4-14)20(24-18)25-23-11-13-5-9-16(10-6-13)29(32)33/h3-11H,12H2,1-2H3,(H,24,25)/b23-11-. The molecule has 0 aliphatic carbocycles. The molecule has 0 atom stereocenters. The van der Waals surface area contributed by atoms with Gasteiger partial charge in [-0.3, -0.25) is 28.6 Å². The molecule has 0 saturated heterocycles. The number of nitro benzene ring substituents is 1. The number of rotatable bonds is 6. The summed E-state index contributed by atoms with van der Waals surface area (Å²) in [6, 6.07) is 13.0. The van der Waals surface area contributed by atoms with E-state index in [1.807, 2.05) is 12.1 Å². The Kier molecular flexibility index (Phi) is 5.80. The minimum absolute atomic E-state index is 0.0263. The van der Waals surface area contributed by atoms with Crippen LogP contribution < -0.4 is 16.7 Å². The van der Waals surface area contributed by atoms with Crippen molar-refractivity contribution in [2.24, 2.45) is 19.2 Å². The molecule has 4 aromatic rings. The van der Waals surface area contributed by atoms with Crippen LogP contribution >= 0.6 is 11.6 Å². The van der Waals surface area contributed by atoms with Gasteiger partial charge in [0.15, 0.2) is 11.2 Å². The summed E-state index contributed by atoms with van der Waals surface area (Å²) >= 11 is 5.98. The predicted octanol–water partition coefficient (Wildman–Crippen LogP) is 2.49. The van der Waals surface area contributed by atoms with Crippen LogP contribution in [0.2, 0.25) is 5.02 Å². The highest BCUT2D eigenvalue weighted by Crippen LogP contribution is 2.19. The Morgan fingerprint density at radius 2 is 1.76 bits per heavy atom. The number of hydrogen-bond acceptors (Lipinski definition) is 7. The number of non-ortho nitro benzene ring substituents is 1. The van der Waals surface area contributed by atoms with Gasteiger partial charge in [0.1, 0.15) is 0 Å². The molecule has 0 aliphatic heterocycles. The summed E-state index contributed by atoms with van der Waals surface area (Å²) < 4.78 is 3.94. The fraction of sp³-hybridized carbons (Fsp3) is 0.143. The molecule has 0 aliphatic rings. The highest BCUT2D eigenvalue weighted by atomic mass is 35.5. The number of nitrogens with zero attached hydrogens (tertiary/aromatic N) is 6. The third-order valence-electron chi connectivity index (χ3n) is 5.08. The predicted molar refractivity (Wildman–Crippen MR) is 125 cm³/mol. The first-order chi connectivity index (χ1) is 15.8. The van der Waals surface area contributed by atoms with Crippen LogP contribution in [-0.2, 0) is 20.6 Å². The number of aryl methyl sites for hydroxylation is 1. The second kappa shape index (κ2) is 8.71. The van der Waals surface area contributed by atoms with Crippen LogP contribution in [0.15, 0.2) is 63.2 Å². The molecule has 0 radical (unpaired) electrons. The monoisotopic (exact) mass is 467 g/mol. The number of hydrogen-bond donors (Lipinski definition) is 1. The van der Waals surface area contributed by atoms with Gasteiger partial charge in [0, 0.05) is 31.3 Å². The van der Waals surface area contributed by atoms with Crippen molar-refractivity contribution in [3.63, 3.8) is 0 Å². The van der Waals surface area contributed by atoms with Crippen LogP contribution in [0.5, 0.6) is 0 Å². The van der Waals surface area contributed by atoms with Gasteiger partial charge in [0.25, 0.3) is 11.2 Å². The second-order valence-electron chi connectivity index (χ2n) is 7.24. The Labute approximate surface area is 191 Å². The molecule has 2 aromatic carbocycles. The van der Waals surface area contributed by atoms with Gasteiger partial charge >= 0.3 is 5.69 Å². The molecule has 4 rings (SSSR count). The van der Waals surface area contributed by atoms with Gasteiger partial charge in [-0.1, -0.05) is 23.7 Å². The number of hydrazone groups is 1. The summed E-state index contributed by atoms with van der Waals surface area (Å²) in [4.78, 5) is 40.0. The molecule has 0 bridgehead atoms. The zero-order chi connectivity index (χ0) is 23.7. The average Bonchev–Trinajstić information content (AvgIpc) is 3.16. The molecule has 11 nitrogen and oxygen atoms in total. The zero-order valence-corrected chi connectivity index (χ0v) is 18.4. The quantitative estimate of drug-likeness (QED) is 0.263. The summed E-state index contributed by atoms with van der Waals surface area (Å²) in [6.45, 7) is 0.274. The van der Waals surface area contributed by atoms with E-state index in [4.69, 9.17) is 11.6 Å². The van der Waals surface area contributed by atoms with Gasteiger partial charge in [-0.05, 0) is 35.4 Å². The van der Waals surface area contributed by atoms with Gasteiger partial charge < -0.3 is 0 Å². The van der Waals surface area contributed by atoms with Crippen molar-refractivity contribution >= 4 is 40.6 Å². The van der Waals surface area contributed by atoms with Gasteiger partial charge in [0.05, 0.1) is 17.7 Å². The molecule has 2 heterocycles. The smallest absolute Gasteiger partial charge is 0.298 e. The molecule has 0 unspecified atom stereocenters. The first kappa shape index (κ1) is 22.0. The number of nitrogens with one attached hydrogen (secondary N) is 1. The number of anilines is 1. The fourth-order valence-corrected chi connectivity index (χ4v) is 3.43. The Morgan fingerprint density at radius 3 is 2.39 bits per heavy atom. The number of fused-ring (bicyclic) bond motifs is 1. The van der Waals surface area contributed by atoms with Crippen molar-refractivity contribution in [3.05, 3.63) is 95.6 Å².